The van der Waals surface area contributed by atoms with E-state index in [4.69, 9.17) is 21.1 Å². The third-order valence-corrected chi connectivity index (χ3v) is 4.01. The van der Waals surface area contributed by atoms with Gasteiger partial charge in [-0.2, -0.15) is 0 Å². The van der Waals surface area contributed by atoms with E-state index in [1.54, 1.807) is 12.1 Å². The number of amides is 1. The van der Waals surface area contributed by atoms with E-state index in [9.17, 15) is 19.7 Å². The zero-order valence-electron chi connectivity index (χ0n) is 15.3. The van der Waals surface area contributed by atoms with E-state index in [2.05, 4.69) is 10.6 Å². The Morgan fingerprint density at radius 1 is 1.18 bits per heavy atom. The number of methoxy groups -OCH3 is 1. The average Bonchev–Trinajstić information content (AvgIpc) is 2.67. The molecule has 28 heavy (non-hydrogen) atoms. The van der Waals surface area contributed by atoms with Gasteiger partial charge in [0, 0.05) is 18.1 Å². The fraction of sp³-hybridized carbons (Fsp3) is 0.222. The first-order valence-electron chi connectivity index (χ1n) is 8.08. The van der Waals surface area contributed by atoms with E-state index < -0.39 is 22.9 Å². The molecule has 2 aromatic carbocycles. The van der Waals surface area contributed by atoms with Crippen LogP contribution in [0.1, 0.15) is 17.3 Å². The van der Waals surface area contributed by atoms with Crippen molar-refractivity contribution in [3.63, 3.8) is 0 Å². The van der Waals surface area contributed by atoms with Crippen LogP contribution in [-0.2, 0) is 9.53 Å². The Morgan fingerprint density at radius 2 is 1.89 bits per heavy atom. The van der Waals surface area contributed by atoms with Gasteiger partial charge >= 0.3 is 5.97 Å². The number of esters is 1. The summed E-state index contributed by atoms with van der Waals surface area (Å²) >= 11 is 5.91. The molecule has 0 heterocycles. The van der Waals surface area contributed by atoms with Gasteiger partial charge in [0.05, 0.1) is 23.3 Å². The van der Waals surface area contributed by atoms with Gasteiger partial charge in [0.25, 0.3) is 11.6 Å². The first kappa shape index (κ1) is 21.0. The van der Waals surface area contributed by atoms with E-state index >= 15 is 0 Å². The molecule has 2 aromatic rings. The molecule has 0 aromatic heterocycles. The minimum atomic E-state index is -1.17. The maximum atomic E-state index is 12.3. The van der Waals surface area contributed by atoms with Crippen LogP contribution in [0.3, 0.4) is 0 Å². The fourth-order valence-electron chi connectivity index (χ4n) is 2.32. The number of anilines is 2. The van der Waals surface area contributed by atoms with Crippen LogP contribution in [0.4, 0.5) is 17.1 Å². The number of rotatable bonds is 7. The van der Waals surface area contributed by atoms with Gasteiger partial charge in [-0.15, -0.1) is 0 Å². The van der Waals surface area contributed by atoms with Crippen molar-refractivity contribution in [1.82, 2.24) is 0 Å². The summed E-state index contributed by atoms with van der Waals surface area (Å²) in [6, 6.07) is 8.51. The predicted octanol–water partition coefficient (Wildman–Crippen LogP) is 3.48. The van der Waals surface area contributed by atoms with Crippen molar-refractivity contribution in [3.05, 3.63) is 57.1 Å². The van der Waals surface area contributed by atoms with E-state index in [0.717, 1.165) is 6.07 Å². The van der Waals surface area contributed by atoms with Crippen LogP contribution in [0.2, 0.25) is 5.02 Å². The Kier molecular flexibility index (Phi) is 6.78. The van der Waals surface area contributed by atoms with Crippen molar-refractivity contribution in [2.24, 2.45) is 0 Å². The monoisotopic (exact) mass is 407 g/mol. The molecule has 1 atom stereocenters. The van der Waals surface area contributed by atoms with Gasteiger partial charge < -0.3 is 20.1 Å². The first-order chi connectivity index (χ1) is 13.3. The van der Waals surface area contributed by atoms with Crippen molar-refractivity contribution in [2.45, 2.75) is 13.0 Å². The van der Waals surface area contributed by atoms with Gasteiger partial charge in [0.1, 0.15) is 11.4 Å². The highest BCUT2D eigenvalue weighted by Crippen LogP contribution is 2.28. The average molecular weight is 408 g/mol. The largest absolute Gasteiger partial charge is 0.495 e. The highest BCUT2D eigenvalue weighted by Gasteiger charge is 2.23. The smallest absolute Gasteiger partial charge is 0.339 e. The summed E-state index contributed by atoms with van der Waals surface area (Å²) in [6.45, 7) is 1.38. The van der Waals surface area contributed by atoms with Crippen molar-refractivity contribution in [3.8, 4) is 5.75 Å². The second-order valence-corrected chi connectivity index (χ2v) is 6.06. The molecule has 0 fully saturated rings. The molecule has 0 radical (unpaired) electrons. The molecule has 0 saturated carbocycles. The molecule has 0 spiro atoms. The number of hydrogen-bond donors (Lipinski definition) is 2. The lowest BCUT2D eigenvalue weighted by molar-refractivity contribution is -0.384. The molecule has 2 N–H and O–H groups in total. The molecular weight excluding hydrogens is 390 g/mol. The predicted molar refractivity (Wildman–Crippen MR) is 104 cm³/mol. The second-order valence-electron chi connectivity index (χ2n) is 5.62. The normalized spacial score (nSPS) is 11.3. The summed E-state index contributed by atoms with van der Waals surface area (Å²) in [6.07, 6.45) is -1.17. The number of carbonyl (C=O) groups is 2. The number of nitrogens with one attached hydrogen (secondary N) is 2. The first-order valence-corrected chi connectivity index (χ1v) is 8.46. The van der Waals surface area contributed by atoms with Gasteiger partial charge in [-0.1, -0.05) is 11.6 Å². The zero-order valence-corrected chi connectivity index (χ0v) is 16.1. The standard InChI is InChI=1S/C18H18ClN3O6/c1-10(17(23)21-14-9-12(19)5-7-16(14)27-3)28-18(24)11-4-6-13(20-2)15(8-11)22(25)26/h4-10,20H,1-3H3,(H,21,23)/t10-/m1/s1. The van der Waals surface area contributed by atoms with Crippen LogP contribution < -0.4 is 15.4 Å². The molecule has 0 saturated heterocycles. The minimum Gasteiger partial charge on any atom is -0.495 e. The molecule has 0 unspecified atom stereocenters. The number of nitro groups is 1. The van der Waals surface area contributed by atoms with Gasteiger partial charge in [0.15, 0.2) is 6.10 Å². The van der Waals surface area contributed by atoms with E-state index in [1.807, 2.05) is 0 Å². The van der Waals surface area contributed by atoms with Gasteiger partial charge in [-0.05, 0) is 37.3 Å². The quantitative estimate of drug-likeness (QED) is 0.409. The number of halogens is 1. The van der Waals surface area contributed by atoms with Crippen LogP contribution in [0.25, 0.3) is 0 Å². The van der Waals surface area contributed by atoms with Gasteiger partial charge in [-0.3, -0.25) is 14.9 Å². The summed E-state index contributed by atoms with van der Waals surface area (Å²) in [5, 5.41) is 16.7. The summed E-state index contributed by atoms with van der Waals surface area (Å²) in [7, 11) is 2.96. The third-order valence-electron chi connectivity index (χ3n) is 3.77. The van der Waals surface area contributed by atoms with Crippen LogP contribution in [0.5, 0.6) is 5.75 Å². The highest BCUT2D eigenvalue weighted by molar-refractivity contribution is 6.31. The highest BCUT2D eigenvalue weighted by atomic mass is 35.5. The Morgan fingerprint density at radius 3 is 2.50 bits per heavy atom. The number of nitro benzene ring substituents is 1. The van der Waals surface area contributed by atoms with Gasteiger partial charge in [0.2, 0.25) is 0 Å². The summed E-state index contributed by atoms with van der Waals surface area (Å²) in [5.74, 6) is -1.10. The second kappa shape index (κ2) is 9.05. The Labute approximate surface area is 165 Å². The maximum Gasteiger partial charge on any atom is 0.339 e. The van der Waals surface area contributed by atoms with Gasteiger partial charge in [-0.25, -0.2) is 4.79 Å². The summed E-state index contributed by atoms with van der Waals surface area (Å²) in [4.78, 5) is 35.1. The van der Waals surface area contributed by atoms with Crippen molar-refractivity contribution < 1.29 is 24.0 Å². The van der Waals surface area contributed by atoms with E-state index in [1.165, 1.54) is 39.3 Å². The SMILES string of the molecule is CNc1ccc(C(=O)O[C@H](C)C(=O)Nc2cc(Cl)ccc2OC)cc1[N+](=O)[O-]. The zero-order chi connectivity index (χ0) is 20.8. The Balaban J connectivity index is 2.12. The van der Waals surface area contributed by atoms with E-state index in [-0.39, 0.29) is 16.9 Å². The lowest BCUT2D eigenvalue weighted by Crippen LogP contribution is -2.30. The molecular formula is C18H18ClN3O6. The minimum absolute atomic E-state index is 0.0503. The number of hydrogen-bond acceptors (Lipinski definition) is 7. The summed E-state index contributed by atoms with van der Waals surface area (Å²) < 4.78 is 10.3. The lowest BCUT2D eigenvalue weighted by atomic mass is 10.1. The number of carbonyl (C=O) groups excluding carboxylic acids is 2. The Bertz CT molecular complexity index is 918. The number of nitrogens with zero attached hydrogens (tertiary/aromatic N) is 1. The lowest BCUT2D eigenvalue weighted by Gasteiger charge is -2.15. The van der Waals surface area contributed by atoms with Crippen LogP contribution in [0, 0.1) is 10.1 Å². The molecule has 2 rings (SSSR count). The molecule has 10 heteroatoms. The van der Waals surface area contributed by atoms with Crippen LogP contribution >= 0.6 is 11.6 Å². The third kappa shape index (κ3) is 4.89. The van der Waals surface area contributed by atoms with E-state index in [0.29, 0.717) is 16.5 Å². The van der Waals surface area contributed by atoms with Crippen LogP contribution in [-0.4, -0.2) is 37.1 Å². The molecule has 1 amide bonds. The topological polar surface area (TPSA) is 120 Å². The van der Waals surface area contributed by atoms with Crippen molar-refractivity contribution >= 4 is 40.5 Å². The maximum absolute atomic E-state index is 12.3. The molecule has 0 aliphatic carbocycles. The van der Waals surface area contributed by atoms with Crippen molar-refractivity contribution in [1.29, 1.82) is 0 Å². The number of ether oxygens (including phenoxy) is 2. The summed E-state index contributed by atoms with van der Waals surface area (Å²) in [5.41, 5.74) is 0.237. The number of benzene rings is 2. The van der Waals surface area contributed by atoms with Crippen molar-refractivity contribution in [2.75, 3.05) is 24.8 Å². The molecule has 148 valence electrons. The Hall–Kier alpha value is -3.33. The molecule has 0 bridgehead atoms. The molecule has 9 nitrogen and oxygen atoms in total. The fourth-order valence-corrected chi connectivity index (χ4v) is 2.49. The molecule has 0 aliphatic rings. The molecule has 0 aliphatic heterocycles. The van der Waals surface area contributed by atoms with Crippen LogP contribution in [0.15, 0.2) is 36.4 Å².